The van der Waals surface area contributed by atoms with Gasteiger partial charge >= 0.3 is 12.0 Å². The number of urea groups is 1. The van der Waals surface area contributed by atoms with Crippen LogP contribution in [0.5, 0.6) is 0 Å². The van der Waals surface area contributed by atoms with E-state index < -0.39 is 0 Å². The summed E-state index contributed by atoms with van der Waals surface area (Å²) in [6.45, 7) is 6.42. The van der Waals surface area contributed by atoms with Crippen LogP contribution in [-0.2, 0) is 9.53 Å². The van der Waals surface area contributed by atoms with Gasteiger partial charge in [-0.3, -0.25) is 0 Å². The molecule has 6 nitrogen and oxygen atoms in total. The molecule has 2 atom stereocenters. The Balaban J connectivity index is 0.00000312. The van der Waals surface area contributed by atoms with Crippen molar-refractivity contribution in [1.29, 1.82) is 0 Å². The molecular formula is C18H26ClN3O3. The average Bonchev–Trinajstić information content (AvgIpc) is 2.59. The predicted molar refractivity (Wildman–Crippen MR) is 99.5 cm³/mol. The Labute approximate surface area is 154 Å². The van der Waals surface area contributed by atoms with E-state index in [0.29, 0.717) is 30.8 Å². The Hall–Kier alpha value is -2.05. The van der Waals surface area contributed by atoms with Gasteiger partial charge in [-0.25, -0.2) is 9.59 Å². The van der Waals surface area contributed by atoms with E-state index in [4.69, 9.17) is 4.74 Å². The minimum absolute atomic E-state index is 0. The summed E-state index contributed by atoms with van der Waals surface area (Å²) < 4.78 is 5.15. The Morgan fingerprint density at radius 1 is 1.28 bits per heavy atom. The summed E-state index contributed by atoms with van der Waals surface area (Å²) in [5, 5.41) is 8.86. The zero-order valence-corrected chi connectivity index (χ0v) is 15.6. The number of esters is 1. The van der Waals surface area contributed by atoms with E-state index in [0.717, 1.165) is 5.56 Å². The molecule has 0 aromatic heterocycles. The number of halogens is 1. The zero-order chi connectivity index (χ0) is 17.5. The molecule has 0 spiro atoms. The molecule has 1 aliphatic rings. The number of nitrogens with one attached hydrogen (secondary N) is 3. The van der Waals surface area contributed by atoms with Crippen LogP contribution in [0.1, 0.15) is 38.8 Å². The van der Waals surface area contributed by atoms with Gasteiger partial charge in [-0.05, 0) is 25.8 Å². The van der Waals surface area contributed by atoms with Crippen LogP contribution in [0.15, 0.2) is 41.6 Å². The first kappa shape index (κ1) is 21.0. The Bertz CT molecular complexity index is 619. The molecule has 2 amide bonds. The van der Waals surface area contributed by atoms with E-state index in [1.807, 2.05) is 44.2 Å². The molecular weight excluding hydrogens is 342 g/mol. The van der Waals surface area contributed by atoms with Gasteiger partial charge < -0.3 is 20.7 Å². The molecule has 2 rings (SSSR count). The maximum absolute atomic E-state index is 12.3. The molecule has 0 aliphatic carbocycles. The second-order valence-corrected chi connectivity index (χ2v) is 5.69. The van der Waals surface area contributed by atoms with Gasteiger partial charge in [0.2, 0.25) is 0 Å². The van der Waals surface area contributed by atoms with Crippen molar-refractivity contribution in [2.45, 2.75) is 39.3 Å². The second kappa shape index (κ2) is 10.1. The normalized spacial score (nSPS) is 17.9. The number of hydrogen-bond donors (Lipinski definition) is 3. The van der Waals surface area contributed by atoms with Crippen LogP contribution in [0.2, 0.25) is 0 Å². The van der Waals surface area contributed by atoms with Crippen LogP contribution in [0.25, 0.3) is 0 Å². The van der Waals surface area contributed by atoms with Gasteiger partial charge in [0.25, 0.3) is 0 Å². The molecule has 0 radical (unpaired) electrons. The smallest absolute Gasteiger partial charge is 0.337 e. The largest absolute Gasteiger partial charge is 0.463 e. The highest BCUT2D eigenvalue weighted by atomic mass is 35.5. The van der Waals surface area contributed by atoms with Crippen LogP contribution < -0.4 is 16.0 Å². The molecule has 1 aliphatic heterocycles. The molecule has 0 saturated carbocycles. The first-order chi connectivity index (χ1) is 11.6. The Morgan fingerprint density at radius 2 is 1.96 bits per heavy atom. The molecule has 7 heteroatoms. The predicted octanol–water partition coefficient (Wildman–Crippen LogP) is 2.67. The SMILES string of the molecule is CCOC(=O)C1=C(CNC(C)c2ccccc2)NC(=O)NC1CC.Cl. The molecule has 0 fully saturated rings. The first-order valence-corrected chi connectivity index (χ1v) is 8.32. The molecule has 1 aromatic rings. The number of ether oxygens (including phenoxy) is 1. The monoisotopic (exact) mass is 367 g/mol. The lowest BCUT2D eigenvalue weighted by molar-refractivity contribution is -0.139. The fourth-order valence-corrected chi connectivity index (χ4v) is 2.72. The van der Waals surface area contributed by atoms with Gasteiger partial charge in [0.15, 0.2) is 0 Å². The van der Waals surface area contributed by atoms with Crippen molar-refractivity contribution >= 4 is 24.4 Å². The van der Waals surface area contributed by atoms with Crippen LogP contribution in [0, 0.1) is 0 Å². The molecule has 1 heterocycles. The highest BCUT2D eigenvalue weighted by Gasteiger charge is 2.31. The zero-order valence-electron chi connectivity index (χ0n) is 14.8. The third-order valence-corrected chi connectivity index (χ3v) is 4.03. The van der Waals surface area contributed by atoms with Crippen LogP contribution in [0.3, 0.4) is 0 Å². The molecule has 1 aromatic carbocycles. The molecule has 0 saturated heterocycles. The number of carbonyl (C=O) groups is 2. The van der Waals surface area contributed by atoms with E-state index in [1.54, 1.807) is 6.92 Å². The van der Waals surface area contributed by atoms with E-state index in [9.17, 15) is 9.59 Å². The van der Waals surface area contributed by atoms with Gasteiger partial charge in [0.05, 0.1) is 18.2 Å². The fraction of sp³-hybridized carbons (Fsp3) is 0.444. The van der Waals surface area contributed by atoms with Crippen molar-refractivity contribution in [2.75, 3.05) is 13.2 Å². The minimum atomic E-state index is -0.388. The number of benzene rings is 1. The van der Waals surface area contributed by atoms with Crippen LogP contribution >= 0.6 is 12.4 Å². The summed E-state index contributed by atoms with van der Waals surface area (Å²) >= 11 is 0. The highest BCUT2D eigenvalue weighted by molar-refractivity contribution is 5.94. The van der Waals surface area contributed by atoms with Crippen molar-refractivity contribution in [3.05, 3.63) is 47.2 Å². The standard InChI is InChI=1S/C18H25N3O3.ClH/c1-4-14-16(17(22)24-5-2)15(21-18(23)20-14)11-19-12(3)13-9-7-6-8-10-13;/h6-10,12,14,19H,4-5,11H2,1-3H3,(H2,20,21,23);1H. The van der Waals surface area contributed by atoms with Crippen molar-refractivity contribution in [1.82, 2.24) is 16.0 Å². The van der Waals surface area contributed by atoms with E-state index in [-0.39, 0.29) is 36.5 Å². The molecule has 138 valence electrons. The lowest BCUT2D eigenvalue weighted by Crippen LogP contribution is -2.51. The molecule has 3 N–H and O–H groups in total. The number of carbonyl (C=O) groups excluding carboxylic acids is 2. The lowest BCUT2D eigenvalue weighted by atomic mass is 10.00. The lowest BCUT2D eigenvalue weighted by Gasteiger charge is -2.29. The number of hydrogen-bond acceptors (Lipinski definition) is 4. The number of rotatable bonds is 7. The van der Waals surface area contributed by atoms with Crippen LogP contribution in [0.4, 0.5) is 4.79 Å². The minimum Gasteiger partial charge on any atom is -0.463 e. The number of amides is 2. The van der Waals surface area contributed by atoms with Crippen molar-refractivity contribution in [3.63, 3.8) is 0 Å². The van der Waals surface area contributed by atoms with Gasteiger partial charge in [0.1, 0.15) is 0 Å². The Kier molecular flexibility index (Phi) is 8.45. The van der Waals surface area contributed by atoms with Crippen LogP contribution in [-0.4, -0.2) is 31.2 Å². The van der Waals surface area contributed by atoms with Crippen molar-refractivity contribution in [2.24, 2.45) is 0 Å². The highest BCUT2D eigenvalue weighted by Crippen LogP contribution is 2.18. The summed E-state index contributed by atoms with van der Waals surface area (Å²) in [4.78, 5) is 24.1. The Morgan fingerprint density at radius 3 is 2.56 bits per heavy atom. The maximum Gasteiger partial charge on any atom is 0.337 e. The third kappa shape index (κ3) is 5.47. The van der Waals surface area contributed by atoms with Gasteiger partial charge in [0, 0.05) is 18.3 Å². The third-order valence-electron chi connectivity index (χ3n) is 4.03. The van der Waals surface area contributed by atoms with Gasteiger partial charge in [-0.1, -0.05) is 37.3 Å². The molecule has 2 unspecified atom stereocenters. The van der Waals surface area contributed by atoms with Gasteiger partial charge in [-0.15, -0.1) is 12.4 Å². The summed E-state index contributed by atoms with van der Waals surface area (Å²) in [7, 11) is 0. The first-order valence-electron chi connectivity index (χ1n) is 8.32. The quantitative estimate of drug-likeness (QED) is 0.647. The average molecular weight is 368 g/mol. The second-order valence-electron chi connectivity index (χ2n) is 5.69. The maximum atomic E-state index is 12.3. The van der Waals surface area contributed by atoms with E-state index in [1.165, 1.54) is 0 Å². The summed E-state index contributed by atoms with van der Waals surface area (Å²) in [5.74, 6) is -0.388. The summed E-state index contributed by atoms with van der Waals surface area (Å²) in [6, 6.07) is 9.47. The van der Waals surface area contributed by atoms with Crippen molar-refractivity contribution in [3.8, 4) is 0 Å². The van der Waals surface area contributed by atoms with E-state index in [2.05, 4.69) is 16.0 Å². The van der Waals surface area contributed by atoms with Crippen molar-refractivity contribution < 1.29 is 14.3 Å². The summed E-state index contributed by atoms with van der Waals surface area (Å²) in [6.07, 6.45) is 0.624. The molecule has 25 heavy (non-hydrogen) atoms. The fourth-order valence-electron chi connectivity index (χ4n) is 2.72. The van der Waals surface area contributed by atoms with Gasteiger partial charge in [-0.2, -0.15) is 0 Å². The van der Waals surface area contributed by atoms with E-state index >= 15 is 0 Å². The topological polar surface area (TPSA) is 79.5 Å². The molecule has 0 bridgehead atoms. The summed E-state index contributed by atoms with van der Waals surface area (Å²) in [5.41, 5.74) is 2.21.